The van der Waals surface area contributed by atoms with Gasteiger partial charge in [-0.05, 0) is 38.5 Å². The van der Waals surface area contributed by atoms with Crippen molar-refractivity contribution in [3.63, 3.8) is 0 Å². The van der Waals surface area contributed by atoms with Crippen LogP contribution in [0.4, 0.5) is 0 Å². The van der Waals surface area contributed by atoms with Gasteiger partial charge >= 0.3 is 13.8 Å². The number of rotatable bonds is 42. The molecule has 0 rings (SSSR count). The standard InChI is InChI=1S/C42H84NO7P/c1-3-5-7-9-11-13-15-17-18-19-20-21-22-24-26-28-30-32-34-37-47-39-41(40-49-51(45,46)48-38-36-43)50-42(44)35-33-31-29-27-25-23-16-14-12-10-8-6-4-2/h18-19,41H,3-17,20-40,43H2,1-2H3,(H,45,46)/b19-18-. The van der Waals surface area contributed by atoms with Crippen LogP contribution in [0, 0.1) is 0 Å². The molecular formula is C42H84NO7P. The highest BCUT2D eigenvalue weighted by molar-refractivity contribution is 7.47. The summed E-state index contributed by atoms with van der Waals surface area (Å²) in [5.74, 6) is -0.328. The lowest BCUT2D eigenvalue weighted by Gasteiger charge is -2.20. The number of carbonyl (C=O) groups is 1. The Bertz CT molecular complexity index is 797. The number of phosphoric ester groups is 1. The van der Waals surface area contributed by atoms with Crippen molar-refractivity contribution in [2.24, 2.45) is 5.73 Å². The highest BCUT2D eigenvalue weighted by Crippen LogP contribution is 2.43. The highest BCUT2D eigenvalue weighted by atomic mass is 31.2. The van der Waals surface area contributed by atoms with E-state index >= 15 is 0 Å². The van der Waals surface area contributed by atoms with Crippen molar-refractivity contribution in [1.29, 1.82) is 0 Å². The van der Waals surface area contributed by atoms with Crippen LogP contribution in [0.1, 0.15) is 213 Å². The summed E-state index contributed by atoms with van der Waals surface area (Å²) in [4.78, 5) is 22.4. The fourth-order valence-corrected chi connectivity index (χ4v) is 6.99. The fourth-order valence-electron chi connectivity index (χ4n) is 6.23. The van der Waals surface area contributed by atoms with Crippen molar-refractivity contribution in [2.45, 2.75) is 219 Å². The predicted molar refractivity (Wildman–Crippen MR) is 215 cm³/mol. The Morgan fingerprint density at radius 3 is 1.43 bits per heavy atom. The van der Waals surface area contributed by atoms with Crippen LogP contribution in [0.5, 0.6) is 0 Å². The van der Waals surface area contributed by atoms with E-state index in [-0.39, 0.29) is 32.3 Å². The third kappa shape index (κ3) is 40.3. The third-order valence-electron chi connectivity index (χ3n) is 9.43. The molecule has 51 heavy (non-hydrogen) atoms. The predicted octanol–water partition coefficient (Wildman–Crippen LogP) is 12.7. The van der Waals surface area contributed by atoms with E-state index in [1.165, 1.54) is 161 Å². The van der Waals surface area contributed by atoms with E-state index < -0.39 is 13.9 Å². The molecular weight excluding hydrogens is 661 g/mol. The van der Waals surface area contributed by atoms with Gasteiger partial charge in [-0.2, -0.15) is 0 Å². The Morgan fingerprint density at radius 2 is 0.980 bits per heavy atom. The van der Waals surface area contributed by atoms with Gasteiger partial charge in [-0.25, -0.2) is 4.57 Å². The Balaban J connectivity index is 3.98. The van der Waals surface area contributed by atoms with Crippen LogP contribution in [-0.2, 0) is 27.9 Å². The van der Waals surface area contributed by atoms with Gasteiger partial charge in [0, 0.05) is 19.6 Å². The second-order valence-electron chi connectivity index (χ2n) is 14.6. The number of hydrogen-bond donors (Lipinski definition) is 2. The van der Waals surface area contributed by atoms with E-state index in [0.717, 1.165) is 32.1 Å². The molecule has 0 aromatic rings. The van der Waals surface area contributed by atoms with Crippen LogP contribution < -0.4 is 5.73 Å². The summed E-state index contributed by atoms with van der Waals surface area (Å²) in [6, 6.07) is 0. The summed E-state index contributed by atoms with van der Waals surface area (Å²) in [6.45, 7) is 4.95. The van der Waals surface area contributed by atoms with E-state index in [1.54, 1.807) is 0 Å². The third-order valence-corrected chi connectivity index (χ3v) is 10.4. The fraction of sp³-hybridized carbons (Fsp3) is 0.929. The topological polar surface area (TPSA) is 117 Å². The first-order chi connectivity index (χ1) is 24.9. The lowest BCUT2D eigenvalue weighted by atomic mass is 10.0. The molecule has 0 spiro atoms. The number of phosphoric acid groups is 1. The van der Waals surface area contributed by atoms with Crippen molar-refractivity contribution >= 4 is 13.8 Å². The molecule has 0 amide bonds. The average molecular weight is 746 g/mol. The van der Waals surface area contributed by atoms with Gasteiger partial charge in [-0.1, -0.05) is 180 Å². The first-order valence-electron chi connectivity index (χ1n) is 21.7. The number of nitrogens with two attached hydrogens (primary N) is 1. The van der Waals surface area contributed by atoms with E-state index in [9.17, 15) is 14.3 Å². The average Bonchev–Trinajstić information content (AvgIpc) is 3.12. The molecule has 0 aliphatic rings. The van der Waals surface area contributed by atoms with Crippen LogP contribution in [0.15, 0.2) is 12.2 Å². The first kappa shape index (κ1) is 50.2. The number of unbranched alkanes of at least 4 members (excludes halogenated alkanes) is 27. The summed E-state index contributed by atoms with van der Waals surface area (Å²) < 4.78 is 33.4. The summed E-state index contributed by atoms with van der Waals surface area (Å²) >= 11 is 0. The number of hydrogen-bond acceptors (Lipinski definition) is 7. The normalized spacial score (nSPS) is 13.6. The zero-order chi connectivity index (χ0) is 37.4. The molecule has 9 heteroatoms. The van der Waals surface area contributed by atoms with E-state index in [1.807, 2.05) is 0 Å². The van der Waals surface area contributed by atoms with Gasteiger partial charge in [-0.3, -0.25) is 13.8 Å². The molecule has 0 saturated heterocycles. The van der Waals surface area contributed by atoms with Crippen molar-refractivity contribution < 1.29 is 32.8 Å². The number of allylic oxidation sites excluding steroid dienone is 2. The van der Waals surface area contributed by atoms with E-state index in [0.29, 0.717) is 13.0 Å². The van der Waals surface area contributed by atoms with Gasteiger partial charge in [0.25, 0.3) is 0 Å². The Labute approximate surface area is 315 Å². The molecule has 2 unspecified atom stereocenters. The molecule has 3 N–H and O–H groups in total. The highest BCUT2D eigenvalue weighted by Gasteiger charge is 2.25. The molecule has 0 fully saturated rings. The maximum absolute atomic E-state index is 12.6. The van der Waals surface area contributed by atoms with Crippen LogP contribution >= 0.6 is 7.82 Å². The minimum atomic E-state index is -4.27. The quantitative estimate of drug-likeness (QED) is 0.0274. The summed E-state index contributed by atoms with van der Waals surface area (Å²) in [6.07, 6.45) is 42.2. The van der Waals surface area contributed by atoms with Gasteiger partial charge in [0.2, 0.25) is 0 Å². The van der Waals surface area contributed by atoms with E-state index in [2.05, 4.69) is 26.0 Å². The zero-order valence-electron chi connectivity index (χ0n) is 33.6. The molecule has 0 saturated carbocycles. The van der Waals surface area contributed by atoms with Gasteiger partial charge in [-0.15, -0.1) is 0 Å². The number of esters is 1. The molecule has 0 aliphatic carbocycles. The molecule has 0 bridgehead atoms. The lowest BCUT2D eigenvalue weighted by molar-refractivity contribution is -0.154. The van der Waals surface area contributed by atoms with Crippen LogP contribution in [0.2, 0.25) is 0 Å². The smallest absolute Gasteiger partial charge is 0.457 e. The molecule has 0 aliphatic heterocycles. The second-order valence-corrected chi connectivity index (χ2v) is 16.0. The number of ether oxygens (including phenoxy) is 2. The molecule has 0 aromatic heterocycles. The van der Waals surface area contributed by atoms with Crippen LogP contribution in [-0.4, -0.2) is 49.9 Å². The first-order valence-corrected chi connectivity index (χ1v) is 23.2. The van der Waals surface area contributed by atoms with Crippen molar-refractivity contribution in [2.75, 3.05) is 33.0 Å². The lowest BCUT2D eigenvalue weighted by Crippen LogP contribution is -2.28. The monoisotopic (exact) mass is 746 g/mol. The summed E-state index contributed by atoms with van der Waals surface area (Å²) in [5.41, 5.74) is 5.37. The summed E-state index contributed by atoms with van der Waals surface area (Å²) in [5, 5.41) is 0. The SMILES string of the molecule is CCCCCCCCC/C=C\CCCCCCCCCCOCC(COP(=O)(O)OCCN)OC(=O)CCCCCCCCCCCCCCC. The van der Waals surface area contributed by atoms with Gasteiger partial charge in [0.1, 0.15) is 6.10 Å². The number of carbonyl (C=O) groups excluding carboxylic acids is 1. The molecule has 0 heterocycles. The Hall–Kier alpha value is -0.760. The Kier molecular flexibility index (Phi) is 39.8. The summed E-state index contributed by atoms with van der Waals surface area (Å²) in [7, 11) is -4.27. The second kappa shape index (κ2) is 40.4. The van der Waals surface area contributed by atoms with E-state index in [4.69, 9.17) is 24.3 Å². The van der Waals surface area contributed by atoms with Crippen molar-refractivity contribution in [1.82, 2.24) is 0 Å². The minimum Gasteiger partial charge on any atom is -0.457 e. The van der Waals surface area contributed by atoms with Gasteiger partial charge in [0.15, 0.2) is 0 Å². The van der Waals surface area contributed by atoms with Crippen molar-refractivity contribution in [3.05, 3.63) is 12.2 Å². The van der Waals surface area contributed by atoms with Crippen molar-refractivity contribution in [3.8, 4) is 0 Å². The van der Waals surface area contributed by atoms with Crippen LogP contribution in [0.3, 0.4) is 0 Å². The van der Waals surface area contributed by atoms with Gasteiger partial charge in [0.05, 0.1) is 19.8 Å². The van der Waals surface area contributed by atoms with Crippen LogP contribution in [0.25, 0.3) is 0 Å². The Morgan fingerprint density at radius 1 is 0.569 bits per heavy atom. The molecule has 304 valence electrons. The largest absolute Gasteiger partial charge is 0.472 e. The molecule has 2 atom stereocenters. The zero-order valence-corrected chi connectivity index (χ0v) is 34.5. The minimum absolute atomic E-state index is 0.0927. The molecule has 0 aromatic carbocycles. The maximum atomic E-state index is 12.6. The molecule has 0 radical (unpaired) electrons. The molecule has 8 nitrogen and oxygen atoms in total. The maximum Gasteiger partial charge on any atom is 0.472 e. The van der Waals surface area contributed by atoms with Gasteiger partial charge < -0.3 is 20.1 Å².